The van der Waals surface area contributed by atoms with Gasteiger partial charge in [-0.15, -0.1) is 0 Å². The number of hydrogen-bond donors (Lipinski definition) is 3. The lowest BCUT2D eigenvalue weighted by atomic mass is 9.91. The number of hydrogen-bond acceptors (Lipinski definition) is 5. The first-order chi connectivity index (χ1) is 9.78. The minimum Gasteiger partial charge on any atom is -0.394 e. The van der Waals surface area contributed by atoms with Crippen LogP contribution < -0.4 is 5.73 Å². The number of nitrogens with two attached hydrogens (primary N) is 1. The lowest BCUT2D eigenvalue weighted by Crippen LogP contribution is -2.53. The maximum Gasteiger partial charge on any atom is 0.243 e. The van der Waals surface area contributed by atoms with E-state index in [1.54, 1.807) is 19.1 Å². The van der Waals surface area contributed by atoms with Crippen LogP contribution >= 0.6 is 0 Å². The second-order valence-corrected chi connectivity index (χ2v) is 7.51. The van der Waals surface area contributed by atoms with E-state index in [9.17, 15) is 13.5 Å². The number of aliphatic hydroxyl groups is 1. The molecule has 1 aliphatic rings. The highest BCUT2D eigenvalue weighted by atomic mass is 32.2. The van der Waals surface area contributed by atoms with Gasteiger partial charge in [-0.2, -0.15) is 4.31 Å². The van der Waals surface area contributed by atoms with Gasteiger partial charge in [0.2, 0.25) is 10.0 Å². The van der Waals surface area contributed by atoms with Crippen molar-refractivity contribution in [3.8, 4) is 0 Å². The third-order valence-electron chi connectivity index (χ3n) is 3.96. The van der Waals surface area contributed by atoms with Crippen LogP contribution in [-0.2, 0) is 10.0 Å². The van der Waals surface area contributed by atoms with Crippen molar-refractivity contribution in [2.75, 3.05) is 19.7 Å². The third-order valence-corrected chi connectivity index (χ3v) is 5.87. The molecule has 7 heteroatoms. The average molecular weight is 311 g/mol. The highest BCUT2D eigenvalue weighted by molar-refractivity contribution is 7.89. The predicted octanol–water partition coefficient (Wildman–Crippen LogP) is 0.549. The molecule has 2 rings (SSSR count). The summed E-state index contributed by atoms with van der Waals surface area (Å²) < 4.78 is 26.5. The van der Waals surface area contributed by atoms with E-state index in [4.69, 9.17) is 11.1 Å². The molecule has 0 aliphatic carbocycles. The highest BCUT2D eigenvalue weighted by Crippen LogP contribution is 2.25. The zero-order chi connectivity index (χ0) is 15.7. The fraction of sp³-hybridized carbons (Fsp3) is 0.500. The summed E-state index contributed by atoms with van der Waals surface area (Å²) in [6.07, 6.45) is 0.890. The molecule has 0 bridgehead atoms. The van der Waals surface area contributed by atoms with Gasteiger partial charge in [0, 0.05) is 24.3 Å². The number of nitrogens with one attached hydrogen (secondary N) is 1. The molecule has 1 heterocycles. The molecule has 6 nitrogen and oxygen atoms in total. The van der Waals surface area contributed by atoms with Crippen LogP contribution in [0, 0.1) is 5.41 Å². The number of aliphatic hydroxyl groups excluding tert-OH is 1. The summed E-state index contributed by atoms with van der Waals surface area (Å²) in [7, 11) is -3.54. The zero-order valence-electron chi connectivity index (χ0n) is 12.0. The van der Waals surface area contributed by atoms with Crippen LogP contribution in [0.5, 0.6) is 0 Å². The lowest BCUT2D eigenvalue weighted by Gasteiger charge is -2.37. The van der Waals surface area contributed by atoms with Gasteiger partial charge in [-0.25, -0.2) is 8.42 Å². The highest BCUT2D eigenvalue weighted by Gasteiger charge is 2.35. The standard InChI is InChI=1S/C14H21N3O3S/c1-11(15)12-2-4-13(5-3-12)21(19,20)17-8-6-14(16,10-18)7-9-17/h2-5,15,18H,6-10,16H2,1H3. The Hall–Kier alpha value is -1.28. The zero-order valence-corrected chi connectivity index (χ0v) is 12.9. The van der Waals surface area contributed by atoms with E-state index in [1.165, 1.54) is 16.4 Å². The van der Waals surface area contributed by atoms with Gasteiger partial charge >= 0.3 is 0 Å². The monoisotopic (exact) mass is 311 g/mol. The second kappa shape index (κ2) is 5.84. The lowest BCUT2D eigenvalue weighted by molar-refractivity contribution is 0.139. The Morgan fingerprint density at radius 1 is 1.33 bits per heavy atom. The molecule has 116 valence electrons. The van der Waals surface area contributed by atoms with Gasteiger partial charge in [-0.3, -0.25) is 0 Å². The first-order valence-corrected chi connectivity index (χ1v) is 8.28. The average Bonchev–Trinajstić information content (AvgIpc) is 2.48. The smallest absolute Gasteiger partial charge is 0.243 e. The van der Waals surface area contributed by atoms with Gasteiger partial charge in [0.25, 0.3) is 0 Å². The van der Waals surface area contributed by atoms with Crippen LogP contribution in [0.25, 0.3) is 0 Å². The van der Waals surface area contributed by atoms with Gasteiger partial charge in [0.1, 0.15) is 0 Å². The minimum atomic E-state index is -3.54. The Kier molecular flexibility index (Phi) is 4.48. The van der Waals surface area contributed by atoms with Crippen molar-refractivity contribution in [2.45, 2.75) is 30.2 Å². The van der Waals surface area contributed by atoms with E-state index >= 15 is 0 Å². The number of nitrogens with zero attached hydrogens (tertiary/aromatic N) is 1. The molecule has 0 spiro atoms. The summed E-state index contributed by atoms with van der Waals surface area (Å²) in [6, 6.07) is 6.33. The maximum absolute atomic E-state index is 12.5. The Balaban J connectivity index is 2.17. The van der Waals surface area contributed by atoms with E-state index in [-0.39, 0.29) is 11.5 Å². The molecule has 0 saturated carbocycles. The summed E-state index contributed by atoms with van der Waals surface area (Å²) in [5.41, 5.74) is 6.39. The fourth-order valence-electron chi connectivity index (χ4n) is 2.36. The fourth-order valence-corrected chi connectivity index (χ4v) is 3.80. The Morgan fingerprint density at radius 2 is 1.86 bits per heavy atom. The molecule has 0 aromatic heterocycles. The van der Waals surface area contributed by atoms with Gasteiger partial charge in [-0.1, -0.05) is 12.1 Å². The van der Waals surface area contributed by atoms with Crippen LogP contribution in [0.15, 0.2) is 29.2 Å². The van der Waals surface area contributed by atoms with Crippen LogP contribution in [0.1, 0.15) is 25.3 Å². The van der Waals surface area contributed by atoms with Crippen molar-refractivity contribution in [3.05, 3.63) is 29.8 Å². The summed E-state index contributed by atoms with van der Waals surface area (Å²) in [5, 5.41) is 16.8. The molecule has 1 fully saturated rings. The van der Waals surface area contributed by atoms with Gasteiger partial charge in [-0.05, 0) is 37.5 Å². The molecule has 1 aliphatic heterocycles. The van der Waals surface area contributed by atoms with E-state index in [2.05, 4.69) is 0 Å². The first-order valence-electron chi connectivity index (χ1n) is 6.84. The molecule has 0 amide bonds. The summed E-state index contributed by atoms with van der Waals surface area (Å²) in [4.78, 5) is 0.223. The molecule has 1 saturated heterocycles. The van der Waals surface area contributed by atoms with Crippen LogP contribution in [-0.4, -0.2) is 48.8 Å². The maximum atomic E-state index is 12.5. The molecular formula is C14H21N3O3S. The van der Waals surface area contributed by atoms with Crippen LogP contribution in [0.3, 0.4) is 0 Å². The molecule has 1 aromatic carbocycles. The molecule has 4 N–H and O–H groups in total. The summed E-state index contributed by atoms with van der Waals surface area (Å²) in [5.74, 6) is 0. The first kappa shape index (κ1) is 16.1. The van der Waals surface area contributed by atoms with Crippen molar-refractivity contribution < 1.29 is 13.5 Å². The molecule has 21 heavy (non-hydrogen) atoms. The van der Waals surface area contributed by atoms with Gasteiger partial charge in [0.15, 0.2) is 0 Å². The Labute approximate surface area is 125 Å². The number of benzene rings is 1. The number of sulfonamides is 1. The third kappa shape index (κ3) is 3.32. The topological polar surface area (TPSA) is 107 Å². The van der Waals surface area contributed by atoms with E-state index < -0.39 is 15.6 Å². The SMILES string of the molecule is CC(=N)c1ccc(S(=O)(=O)N2CCC(N)(CO)CC2)cc1. The number of rotatable bonds is 4. The van der Waals surface area contributed by atoms with Crippen LogP contribution in [0.4, 0.5) is 0 Å². The Morgan fingerprint density at radius 3 is 2.29 bits per heavy atom. The van der Waals surface area contributed by atoms with Gasteiger partial charge < -0.3 is 16.2 Å². The predicted molar refractivity (Wildman–Crippen MR) is 80.9 cm³/mol. The Bertz CT molecular complexity index is 617. The molecule has 0 atom stereocenters. The van der Waals surface area contributed by atoms with Crippen molar-refractivity contribution in [2.24, 2.45) is 5.73 Å². The minimum absolute atomic E-state index is 0.131. The normalized spacial score (nSPS) is 19.4. The van der Waals surface area contributed by atoms with Crippen molar-refractivity contribution in [3.63, 3.8) is 0 Å². The molecule has 1 aromatic rings. The summed E-state index contributed by atoms with van der Waals surface area (Å²) >= 11 is 0. The molecular weight excluding hydrogens is 290 g/mol. The van der Waals surface area contributed by atoms with Crippen molar-refractivity contribution in [1.82, 2.24) is 4.31 Å². The quantitative estimate of drug-likeness (QED) is 0.706. The summed E-state index contributed by atoms with van der Waals surface area (Å²) in [6.45, 7) is 2.15. The largest absolute Gasteiger partial charge is 0.394 e. The van der Waals surface area contributed by atoms with Crippen LogP contribution in [0.2, 0.25) is 0 Å². The van der Waals surface area contributed by atoms with Gasteiger partial charge in [0.05, 0.1) is 11.5 Å². The molecule has 0 radical (unpaired) electrons. The van der Waals surface area contributed by atoms with E-state index in [0.29, 0.717) is 37.2 Å². The second-order valence-electron chi connectivity index (χ2n) is 5.57. The molecule has 0 unspecified atom stereocenters. The number of piperidine rings is 1. The van der Waals surface area contributed by atoms with Crippen molar-refractivity contribution >= 4 is 15.7 Å². The van der Waals surface area contributed by atoms with E-state index in [1.807, 2.05) is 0 Å². The van der Waals surface area contributed by atoms with E-state index in [0.717, 1.165) is 0 Å². The van der Waals surface area contributed by atoms with Crippen molar-refractivity contribution in [1.29, 1.82) is 5.41 Å².